The van der Waals surface area contributed by atoms with Gasteiger partial charge in [-0.05, 0) is 74.2 Å². The molecular formula is C43H52N4O7Si. The molecule has 0 unspecified atom stereocenters. The Morgan fingerprint density at radius 3 is 2.07 bits per heavy atom. The number of Topliss-reactive ketones (excluding diaryl/α,β-unsaturated/α-hetero) is 2. The number of rotatable bonds is 10. The maximum absolute atomic E-state index is 15.8. The third-order valence-electron chi connectivity index (χ3n) is 11.9. The lowest BCUT2D eigenvalue weighted by Gasteiger charge is -2.55. The predicted octanol–water partition coefficient (Wildman–Crippen LogP) is 7.89. The zero-order chi connectivity index (χ0) is 39.6. The number of ether oxygens (including phenoxy) is 2. The summed E-state index contributed by atoms with van der Waals surface area (Å²) in [6.07, 6.45) is 0.758. The van der Waals surface area contributed by atoms with E-state index in [-0.39, 0.29) is 41.0 Å². The van der Waals surface area contributed by atoms with Crippen molar-refractivity contribution in [1.29, 1.82) is 0 Å². The summed E-state index contributed by atoms with van der Waals surface area (Å²) < 4.78 is 26.0. The summed E-state index contributed by atoms with van der Waals surface area (Å²) in [7, 11) is 4.76. The zero-order valence-electron chi connectivity index (χ0n) is 33.5. The molecule has 0 radical (unpaired) electrons. The van der Waals surface area contributed by atoms with Crippen molar-refractivity contribution in [3.05, 3.63) is 106 Å². The Bertz CT molecular complexity index is 2160. The van der Waals surface area contributed by atoms with Gasteiger partial charge in [0.25, 0.3) is 5.88 Å². The summed E-state index contributed by atoms with van der Waals surface area (Å²) in [6, 6.07) is 18.8. The van der Waals surface area contributed by atoms with E-state index in [2.05, 4.69) is 25.9 Å². The number of hydrogen-bond acceptors (Lipinski definition) is 11. The largest absolute Gasteiger partial charge is 0.507 e. The van der Waals surface area contributed by atoms with Gasteiger partial charge in [0.15, 0.2) is 25.4 Å². The topological polar surface area (TPSA) is 127 Å². The molecule has 0 saturated heterocycles. The third-order valence-corrected chi connectivity index (χ3v) is 16.4. The quantitative estimate of drug-likeness (QED) is 0.125. The number of carbonyl (C=O) groups excluding carboxylic acids is 2. The number of carbonyl (C=O) groups is 2. The van der Waals surface area contributed by atoms with Crippen molar-refractivity contribution in [2.24, 2.45) is 11.8 Å². The Balaban J connectivity index is 1.43. The predicted molar refractivity (Wildman–Crippen MR) is 213 cm³/mol. The second-order valence-corrected chi connectivity index (χ2v) is 21.8. The molecule has 2 aromatic carbocycles. The minimum atomic E-state index is -2.89. The van der Waals surface area contributed by atoms with E-state index in [4.69, 9.17) is 23.4 Å². The molecule has 3 aliphatic carbocycles. The maximum Gasteiger partial charge on any atom is 0.265 e. The monoisotopic (exact) mass is 764 g/mol. The van der Waals surface area contributed by atoms with E-state index < -0.39 is 43.4 Å². The van der Waals surface area contributed by atoms with E-state index in [0.717, 1.165) is 16.7 Å². The minimum absolute atomic E-state index is 0.0170. The van der Waals surface area contributed by atoms with E-state index in [1.165, 1.54) is 0 Å². The molecule has 11 nitrogen and oxygen atoms in total. The Labute approximate surface area is 324 Å². The van der Waals surface area contributed by atoms with Gasteiger partial charge in [-0.3, -0.25) is 14.5 Å². The van der Waals surface area contributed by atoms with Crippen molar-refractivity contribution in [3.63, 3.8) is 0 Å². The minimum Gasteiger partial charge on any atom is -0.507 e. The molecular weight excluding hydrogens is 713 g/mol. The standard InChI is InChI=1S/C43H52N4O7Si/c1-25-36(51-23-26-17-13-11-14-18-26)32-29(40(44-25)47(7)8)21-28-22-30-34(46(5)6)37-33(41(45-53-37)52-24-27-19-15-12-16-20-27)39(50)43(30,38(49)31(28)35(32)48)54-55(9,10)42(2,3)4/h11-20,28,30,34,48H,21-24H2,1-10H3/t28-,30-,34-,43-/m0/s1. The van der Waals surface area contributed by atoms with E-state index in [9.17, 15) is 5.11 Å². The number of pyridine rings is 1. The van der Waals surface area contributed by atoms with E-state index in [1.54, 1.807) is 0 Å². The van der Waals surface area contributed by atoms with Crippen molar-refractivity contribution in [3.8, 4) is 11.6 Å². The Morgan fingerprint density at radius 1 is 0.909 bits per heavy atom. The SMILES string of the molecule is Cc1nc(N(C)C)c2c(c1OCc1ccccc1)C(O)=C1C(=O)[C@]3(O[Si](C)(C)C(C)(C)C)C(=O)c4c(OCc5ccccc5)noc4[C@@H](N(C)C)[C@@H]3C[C@@H]1C2. The zero-order valence-corrected chi connectivity index (χ0v) is 34.5. The first-order valence-electron chi connectivity index (χ1n) is 18.9. The molecule has 0 spiro atoms. The van der Waals surface area contributed by atoms with Crippen molar-refractivity contribution in [2.45, 2.75) is 83.5 Å². The Kier molecular flexibility index (Phi) is 9.84. The summed E-state index contributed by atoms with van der Waals surface area (Å²) in [4.78, 5) is 40.2. The fourth-order valence-corrected chi connectivity index (χ4v) is 9.72. The number of aryl methyl sites for hydroxylation is 1. The molecule has 55 heavy (non-hydrogen) atoms. The number of benzene rings is 2. The van der Waals surface area contributed by atoms with Crippen LogP contribution in [0.2, 0.25) is 18.1 Å². The van der Waals surface area contributed by atoms with E-state index >= 15 is 9.59 Å². The molecule has 7 rings (SSSR count). The number of fused-ring (bicyclic) bond motifs is 4. The van der Waals surface area contributed by atoms with Crippen LogP contribution in [0.1, 0.15) is 77.3 Å². The van der Waals surface area contributed by atoms with Gasteiger partial charge in [0.05, 0.1) is 17.3 Å². The highest BCUT2D eigenvalue weighted by molar-refractivity contribution is 6.74. The first kappa shape index (κ1) is 38.5. The fraction of sp³-hybridized carbons (Fsp3) is 0.442. The van der Waals surface area contributed by atoms with Gasteiger partial charge in [-0.1, -0.05) is 81.4 Å². The normalized spacial score (nSPS) is 22.2. The molecule has 12 heteroatoms. The summed E-state index contributed by atoms with van der Waals surface area (Å²) in [5.74, 6) is -0.934. The van der Waals surface area contributed by atoms with Gasteiger partial charge in [-0.25, -0.2) is 4.98 Å². The molecule has 3 aliphatic rings. The maximum atomic E-state index is 15.8. The van der Waals surface area contributed by atoms with Crippen LogP contribution in [0.25, 0.3) is 5.76 Å². The molecule has 1 N–H and O–H groups in total. The van der Waals surface area contributed by atoms with Gasteiger partial charge in [-0.2, -0.15) is 0 Å². The molecule has 0 amide bonds. The van der Waals surface area contributed by atoms with Crippen molar-refractivity contribution in [2.75, 3.05) is 33.1 Å². The molecule has 4 aromatic rings. The Hall–Kier alpha value is -4.78. The first-order chi connectivity index (χ1) is 26.0. The van der Waals surface area contributed by atoms with Gasteiger partial charge in [0.2, 0.25) is 11.6 Å². The highest BCUT2D eigenvalue weighted by Crippen LogP contribution is 2.59. The van der Waals surface area contributed by atoms with Crippen LogP contribution in [0.4, 0.5) is 5.82 Å². The highest BCUT2D eigenvalue weighted by Gasteiger charge is 2.69. The lowest BCUT2D eigenvalue weighted by molar-refractivity contribution is -0.140. The van der Waals surface area contributed by atoms with Crippen molar-refractivity contribution in [1.82, 2.24) is 15.0 Å². The van der Waals surface area contributed by atoms with E-state index in [1.807, 2.05) is 119 Å². The van der Waals surface area contributed by atoms with Crippen LogP contribution in [0.3, 0.4) is 0 Å². The second kappa shape index (κ2) is 14.1. The molecule has 290 valence electrons. The average Bonchev–Trinajstić information content (AvgIpc) is 3.55. The summed E-state index contributed by atoms with van der Waals surface area (Å²) in [5, 5.41) is 16.5. The van der Waals surface area contributed by atoms with Crippen LogP contribution in [0, 0.1) is 18.8 Å². The van der Waals surface area contributed by atoms with Crippen LogP contribution >= 0.6 is 0 Å². The van der Waals surface area contributed by atoms with Crippen LogP contribution in [0.5, 0.6) is 11.6 Å². The molecule has 2 aromatic heterocycles. The number of aromatic nitrogens is 2. The lowest BCUT2D eigenvalue weighted by atomic mass is 9.57. The number of aliphatic hydroxyl groups excluding tert-OH is 1. The molecule has 1 fully saturated rings. The third kappa shape index (κ3) is 6.37. The Morgan fingerprint density at radius 2 is 1.51 bits per heavy atom. The van der Waals surface area contributed by atoms with Crippen LogP contribution in [-0.2, 0) is 28.9 Å². The number of aliphatic hydroxyl groups is 1. The molecule has 1 saturated carbocycles. The highest BCUT2D eigenvalue weighted by atomic mass is 28.4. The van der Waals surface area contributed by atoms with Gasteiger partial charge < -0.3 is 28.4 Å². The number of hydrogen-bond donors (Lipinski definition) is 1. The molecule has 0 bridgehead atoms. The summed E-state index contributed by atoms with van der Waals surface area (Å²) in [5.41, 5.74) is 1.92. The van der Waals surface area contributed by atoms with Gasteiger partial charge in [-0.15, -0.1) is 0 Å². The average molecular weight is 765 g/mol. The van der Waals surface area contributed by atoms with Crippen LogP contribution in [0.15, 0.2) is 70.8 Å². The van der Waals surface area contributed by atoms with Crippen LogP contribution in [-0.4, -0.2) is 73.8 Å². The van der Waals surface area contributed by atoms with Crippen LogP contribution < -0.4 is 14.4 Å². The summed E-state index contributed by atoms with van der Waals surface area (Å²) >= 11 is 0. The first-order valence-corrected chi connectivity index (χ1v) is 21.8. The molecule has 4 atom stereocenters. The fourth-order valence-electron chi connectivity index (χ4n) is 8.27. The number of nitrogens with zero attached hydrogens (tertiary/aromatic N) is 4. The lowest BCUT2D eigenvalue weighted by Crippen LogP contribution is -2.68. The van der Waals surface area contributed by atoms with E-state index in [0.29, 0.717) is 41.4 Å². The molecule has 2 heterocycles. The number of anilines is 1. The molecule has 0 aliphatic heterocycles. The summed E-state index contributed by atoms with van der Waals surface area (Å²) in [6.45, 7) is 12.6. The smallest absolute Gasteiger partial charge is 0.265 e. The van der Waals surface area contributed by atoms with Gasteiger partial charge in [0.1, 0.15) is 30.4 Å². The van der Waals surface area contributed by atoms with Gasteiger partial charge in [0, 0.05) is 31.1 Å². The van der Waals surface area contributed by atoms with Crippen molar-refractivity contribution >= 4 is 31.5 Å². The van der Waals surface area contributed by atoms with Crippen molar-refractivity contribution < 1.29 is 33.1 Å². The second-order valence-electron chi connectivity index (χ2n) is 17.0. The number of ketones is 2. The van der Waals surface area contributed by atoms with Gasteiger partial charge >= 0.3 is 0 Å².